The van der Waals surface area contributed by atoms with E-state index in [0.717, 1.165) is 6.42 Å². The van der Waals surface area contributed by atoms with Crippen molar-refractivity contribution in [2.24, 2.45) is 11.8 Å². The summed E-state index contributed by atoms with van der Waals surface area (Å²) in [5, 5.41) is 3.15. The Labute approximate surface area is 114 Å². The lowest BCUT2D eigenvalue weighted by atomic mass is 9.78. The van der Waals surface area contributed by atoms with Gasteiger partial charge in [-0.05, 0) is 36.8 Å². The molecule has 4 heteroatoms. The third kappa shape index (κ3) is 3.25. The van der Waals surface area contributed by atoms with E-state index >= 15 is 0 Å². The molecule has 0 aromatic carbocycles. The standard InChI is InChI=1S/C15H23N3O/c1-10(2)11-6-3-4-8-13(11)18-15(19)12-7-5-9-17-14(12)16/h5,7,9-11,13H,3-4,6,8H2,1-2H3,(H2,16,17)(H,18,19). The summed E-state index contributed by atoms with van der Waals surface area (Å²) in [4.78, 5) is 16.2. The second kappa shape index (κ2) is 6.04. The Morgan fingerprint density at radius 1 is 1.42 bits per heavy atom. The maximum absolute atomic E-state index is 12.3. The van der Waals surface area contributed by atoms with Crippen LogP contribution in [0.2, 0.25) is 0 Å². The van der Waals surface area contributed by atoms with E-state index in [9.17, 15) is 4.79 Å². The molecular weight excluding hydrogens is 238 g/mol. The first-order chi connectivity index (χ1) is 9.09. The number of aromatic nitrogens is 1. The molecule has 1 fully saturated rings. The van der Waals surface area contributed by atoms with Gasteiger partial charge in [0.15, 0.2) is 0 Å². The van der Waals surface area contributed by atoms with Crippen molar-refractivity contribution in [1.29, 1.82) is 0 Å². The molecule has 1 aromatic heterocycles. The van der Waals surface area contributed by atoms with Crippen LogP contribution in [0.3, 0.4) is 0 Å². The van der Waals surface area contributed by atoms with Gasteiger partial charge < -0.3 is 11.1 Å². The summed E-state index contributed by atoms with van der Waals surface area (Å²) >= 11 is 0. The van der Waals surface area contributed by atoms with Gasteiger partial charge in [0, 0.05) is 12.2 Å². The number of rotatable bonds is 3. The summed E-state index contributed by atoms with van der Waals surface area (Å²) < 4.78 is 0. The van der Waals surface area contributed by atoms with Crippen LogP contribution in [0.25, 0.3) is 0 Å². The van der Waals surface area contributed by atoms with E-state index in [-0.39, 0.29) is 11.9 Å². The van der Waals surface area contributed by atoms with Crippen molar-refractivity contribution < 1.29 is 4.79 Å². The Kier molecular flexibility index (Phi) is 4.40. The van der Waals surface area contributed by atoms with Crippen LogP contribution in [-0.2, 0) is 0 Å². The highest BCUT2D eigenvalue weighted by Crippen LogP contribution is 2.30. The Morgan fingerprint density at radius 3 is 2.84 bits per heavy atom. The topological polar surface area (TPSA) is 68.0 Å². The van der Waals surface area contributed by atoms with Crippen molar-refractivity contribution in [3.8, 4) is 0 Å². The zero-order valence-electron chi connectivity index (χ0n) is 11.7. The number of carbonyl (C=O) groups is 1. The molecule has 0 spiro atoms. The van der Waals surface area contributed by atoms with Crippen LogP contribution in [0.15, 0.2) is 18.3 Å². The quantitative estimate of drug-likeness (QED) is 0.878. The number of hydrogen-bond acceptors (Lipinski definition) is 3. The molecule has 1 aliphatic carbocycles. The molecule has 2 atom stereocenters. The van der Waals surface area contributed by atoms with Gasteiger partial charge in [-0.15, -0.1) is 0 Å². The number of pyridine rings is 1. The molecule has 0 radical (unpaired) electrons. The van der Waals surface area contributed by atoms with Crippen LogP contribution in [-0.4, -0.2) is 16.9 Å². The highest BCUT2D eigenvalue weighted by atomic mass is 16.1. The molecule has 2 unspecified atom stereocenters. The molecule has 1 saturated carbocycles. The van der Waals surface area contributed by atoms with Crippen molar-refractivity contribution in [3.05, 3.63) is 23.9 Å². The number of carbonyl (C=O) groups excluding carboxylic acids is 1. The lowest BCUT2D eigenvalue weighted by molar-refractivity contribution is 0.0890. The van der Waals surface area contributed by atoms with Crippen LogP contribution in [0.5, 0.6) is 0 Å². The molecule has 4 nitrogen and oxygen atoms in total. The molecule has 0 saturated heterocycles. The zero-order valence-corrected chi connectivity index (χ0v) is 11.7. The van der Waals surface area contributed by atoms with Gasteiger partial charge in [-0.25, -0.2) is 4.98 Å². The van der Waals surface area contributed by atoms with E-state index in [2.05, 4.69) is 24.1 Å². The summed E-state index contributed by atoms with van der Waals surface area (Å²) in [7, 11) is 0. The predicted molar refractivity (Wildman–Crippen MR) is 76.7 cm³/mol. The number of nitrogens with zero attached hydrogens (tertiary/aromatic N) is 1. The van der Waals surface area contributed by atoms with Crippen LogP contribution in [0.1, 0.15) is 49.9 Å². The lowest BCUT2D eigenvalue weighted by Crippen LogP contribution is -2.44. The minimum Gasteiger partial charge on any atom is -0.383 e. The maximum atomic E-state index is 12.3. The van der Waals surface area contributed by atoms with Gasteiger partial charge in [0.25, 0.3) is 5.91 Å². The Bertz CT molecular complexity index is 445. The summed E-state index contributed by atoms with van der Waals surface area (Å²) in [6.07, 6.45) is 6.32. The highest BCUT2D eigenvalue weighted by Gasteiger charge is 2.29. The minimum absolute atomic E-state index is 0.0943. The molecule has 3 N–H and O–H groups in total. The van der Waals surface area contributed by atoms with Crippen LogP contribution in [0.4, 0.5) is 5.82 Å². The van der Waals surface area contributed by atoms with Gasteiger partial charge in [-0.2, -0.15) is 0 Å². The average molecular weight is 261 g/mol. The van der Waals surface area contributed by atoms with Crippen molar-refractivity contribution in [2.45, 2.75) is 45.6 Å². The Morgan fingerprint density at radius 2 is 2.16 bits per heavy atom. The van der Waals surface area contributed by atoms with Crippen molar-refractivity contribution in [3.63, 3.8) is 0 Å². The number of nitrogens with one attached hydrogen (secondary N) is 1. The summed E-state index contributed by atoms with van der Waals surface area (Å²) in [5.74, 6) is 1.37. The van der Waals surface area contributed by atoms with Gasteiger partial charge in [0.1, 0.15) is 5.82 Å². The molecule has 0 aliphatic heterocycles. The fraction of sp³-hybridized carbons (Fsp3) is 0.600. The zero-order chi connectivity index (χ0) is 13.8. The Balaban J connectivity index is 2.07. The minimum atomic E-state index is -0.0943. The fourth-order valence-corrected chi connectivity index (χ4v) is 2.99. The number of anilines is 1. The summed E-state index contributed by atoms with van der Waals surface area (Å²) in [5.41, 5.74) is 6.23. The molecule has 1 heterocycles. The largest absolute Gasteiger partial charge is 0.383 e. The number of nitrogens with two attached hydrogens (primary N) is 1. The van der Waals surface area contributed by atoms with Gasteiger partial charge in [0.2, 0.25) is 0 Å². The first-order valence-corrected chi connectivity index (χ1v) is 7.11. The fourth-order valence-electron chi connectivity index (χ4n) is 2.99. The molecule has 1 aromatic rings. The smallest absolute Gasteiger partial charge is 0.255 e. The third-order valence-corrected chi connectivity index (χ3v) is 4.08. The SMILES string of the molecule is CC(C)C1CCCCC1NC(=O)c1cccnc1N. The lowest BCUT2D eigenvalue weighted by Gasteiger charge is -2.34. The predicted octanol–water partition coefficient (Wildman–Crippen LogP) is 2.61. The van der Waals surface area contributed by atoms with Gasteiger partial charge in [-0.1, -0.05) is 26.7 Å². The molecule has 19 heavy (non-hydrogen) atoms. The van der Waals surface area contributed by atoms with E-state index in [4.69, 9.17) is 5.73 Å². The first-order valence-electron chi connectivity index (χ1n) is 7.11. The third-order valence-electron chi connectivity index (χ3n) is 4.08. The molecule has 1 aliphatic rings. The summed E-state index contributed by atoms with van der Waals surface area (Å²) in [6.45, 7) is 4.46. The second-order valence-corrected chi connectivity index (χ2v) is 5.71. The van der Waals surface area contributed by atoms with Gasteiger partial charge >= 0.3 is 0 Å². The highest BCUT2D eigenvalue weighted by molar-refractivity contribution is 5.98. The molecular formula is C15H23N3O. The number of nitrogen functional groups attached to an aromatic ring is 1. The summed E-state index contributed by atoms with van der Waals surface area (Å²) in [6, 6.07) is 3.73. The average Bonchev–Trinajstić information content (AvgIpc) is 2.39. The number of amides is 1. The Hall–Kier alpha value is -1.58. The molecule has 1 amide bonds. The van der Waals surface area contributed by atoms with E-state index < -0.39 is 0 Å². The van der Waals surface area contributed by atoms with Crippen molar-refractivity contribution in [1.82, 2.24) is 10.3 Å². The normalized spacial score (nSPS) is 23.3. The second-order valence-electron chi connectivity index (χ2n) is 5.71. The van der Waals surface area contributed by atoms with Gasteiger partial charge in [0.05, 0.1) is 5.56 Å². The first kappa shape index (κ1) is 13.8. The van der Waals surface area contributed by atoms with Crippen molar-refractivity contribution >= 4 is 11.7 Å². The number of hydrogen-bond donors (Lipinski definition) is 2. The van der Waals surface area contributed by atoms with E-state index in [1.807, 2.05) is 0 Å². The van der Waals surface area contributed by atoms with E-state index in [1.54, 1.807) is 18.3 Å². The van der Waals surface area contributed by atoms with Crippen molar-refractivity contribution in [2.75, 3.05) is 5.73 Å². The van der Waals surface area contributed by atoms with Crippen LogP contribution < -0.4 is 11.1 Å². The molecule has 2 rings (SSSR count). The van der Waals surface area contributed by atoms with Crippen LogP contribution in [0, 0.1) is 11.8 Å². The monoisotopic (exact) mass is 261 g/mol. The van der Waals surface area contributed by atoms with Crippen LogP contribution >= 0.6 is 0 Å². The van der Waals surface area contributed by atoms with E-state index in [0.29, 0.717) is 23.2 Å². The van der Waals surface area contributed by atoms with Gasteiger partial charge in [-0.3, -0.25) is 4.79 Å². The maximum Gasteiger partial charge on any atom is 0.255 e. The molecule has 0 bridgehead atoms. The van der Waals surface area contributed by atoms with E-state index in [1.165, 1.54) is 19.3 Å². The molecule has 104 valence electrons.